The third kappa shape index (κ3) is 2.57. The highest BCUT2D eigenvalue weighted by Gasteiger charge is 2.18. The minimum atomic E-state index is -0.910. The van der Waals surface area contributed by atoms with Gasteiger partial charge in [-0.2, -0.15) is 0 Å². The molecule has 0 spiro atoms. The summed E-state index contributed by atoms with van der Waals surface area (Å²) in [6.07, 6.45) is 8.73. The minimum Gasteiger partial charge on any atom is -0.478 e. The number of carboxylic acids is 1. The number of ether oxygens (including phenoxy) is 1. The molecule has 0 saturated carbocycles. The molecule has 0 amide bonds. The second-order valence-electron chi connectivity index (χ2n) is 3.56. The van der Waals surface area contributed by atoms with Gasteiger partial charge in [-0.15, -0.1) is 0 Å². The second kappa shape index (κ2) is 4.24. The van der Waals surface area contributed by atoms with Gasteiger partial charge < -0.3 is 9.84 Å². The van der Waals surface area contributed by atoms with E-state index >= 15 is 0 Å². The maximum atomic E-state index is 10.7. The largest absolute Gasteiger partial charge is 0.478 e. The Morgan fingerprint density at radius 3 is 2.86 bits per heavy atom. The summed E-state index contributed by atoms with van der Waals surface area (Å²) < 4.78 is 5.06. The van der Waals surface area contributed by atoms with Gasteiger partial charge in [0.05, 0.1) is 12.2 Å². The van der Waals surface area contributed by atoms with Gasteiger partial charge in [0, 0.05) is 12.5 Å². The summed E-state index contributed by atoms with van der Waals surface area (Å²) in [4.78, 5) is 10.7. The molecule has 76 valence electrons. The average Bonchev–Trinajstić information content (AvgIpc) is 2.28. The molecular formula is C11H14O3. The lowest BCUT2D eigenvalue weighted by Gasteiger charge is -2.19. The Morgan fingerprint density at radius 2 is 2.29 bits per heavy atom. The maximum absolute atomic E-state index is 10.7. The summed E-state index contributed by atoms with van der Waals surface area (Å²) in [5, 5.41) is 8.78. The van der Waals surface area contributed by atoms with Crippen LogP contribution in [-0.2, 0) is 9.53 Å². The van der Waals surface area contributed by atoms with Crippen molar-refractivity contribution in [3.05, 3.63) is 36.0 Å². The van der Waals surface area contributed by atoms with Crippen molar-refractivity contribution in [3.63, 3.8) is 0 Å². The zero-order valence-corrected chi connectivity index (χ0v) is 8.36. The molecule has 0 aromatic carbocycles. The molecule has 1 N–H and O–H groups in total. The molecule has 14 heavy (non-hydrogen) atoms. The van der Waals surface area contributed by atoms with Crippen LogP contribution >= 0.6 is 0 Å². The summed E-state index contributed by atoms with van der Waals surface area (Å²) in [5.74, 6) is -0.910. The highest BCUT2D eigenvalue weighted by atomic mass is 16.5. The third-order valence-electron chi connectivity index (χ3n) is 2.10. The van der Waals surface area contributed by atoms with E-state index in [0.29, 0.717) is 12.2 Å². The van der Waals surface area contributed by atoms with E-state index in [1.807, 2.05) is 19.1 Å². The van der Waals surface area contributed by atoms with Crippen LogP contribution < -0.4 is 0 Å². The number of hydrogen-bond acceptors (Lipinski definition) is 2. The van der Waals surface area contributed by atoms with Crippen molar-refractivity contribution in [2.45, 2.75) is 6.92 Å². The quantitative estimate of drug-likeness (QED) is 0.744. The standard InChI is InChI=1S/C11H14O3/c1-11(8-14-2)6-3-4-9(5-7-11)10(12)13/h3-7H,8H2,1-2H3,(H,12,13). The Hall–Kier alpha value is -1.35. The van der Waals surface area contributed by atoms with Gasteiger partial charge in [0.1, 0.15) is 0 Å². The van der Waals surface area contributed by atoms with E-state index in [1.165, 1.54) is 0 Å². The fourth-order valence-corrected chi connectivity index (χ4v) is 1.31. The lowest BCUT2D eigenvalue weighted by atomic mass is 9.91. The van der Waals surface area contributed by atoms with E-state index in [0.717, 1.165) is 0 Å². The zero-order valence-electron chi connectivity index (χ0n) is 8.36. The third-order valence-corrected chi connectivity index (χ3v) is 2.10. The molecule has 1 aliphatic rings. The van der Waals surface area contributed by atoms with Crippen LogP contribution in [0, 0.1) is 5.41 Å². The van der Waals surface area contributed by atoms with Crippen LogP contribution in [0.2, 0.25) is 0 Å². The van der Waals surface area contributed by atoms with Gasteiger partial charge in [0.25, 0.3) is 0 Å². The first-order valence-electron chi connectivity index (χ1n) is 4.38. The molecule has 1 unspecified atom stereocenters. The van der Waals surface area contributed by atoms with Crippen LogP contribution in [0.15, 0.2) is 36.0 Å². The number of allylic oxidation sites excluding steroid dienone is 2. The van der Waals surface area contributed by atoms with Crippen LogP contribution in [0.1, 0.15) is 6.92 Å². The molecule has 0 saturated heterocycles. The van der Waals surface area contributed by atoms with Gasteiger partial charge in [-0.1, -0.05) is 31.2 Å². The van der Waals surface area contributed by atoms with Crippen LogP contribution in [0.25, 0.3) is 0 Å². The monoisotopic (exact) mass is 194 g/mol. The van der Waals surface area contributed by atoms with Crippen LogP contribution in [-0.4, -0.2) is 24.8 Å². The first-order chi connectivity index (χ1) is 6.57. The lowest BCUT2D eigenvalue weighted by Crippen LogP contribution is -2.16. The number of carboxylic acid groups (broad SMARTS) is 1. The second-order valence-corrected chi connectivity index (χ2v) is 3.56. The molecule has 0 fully saturated rings. The van der Waals surface area contributed by atoms with E-state index < -0.39 is 5.97 Å². The summed E-state index contributed by atoms with van der Waals surface area (Å²) in [7, 11) is 1.63. The first-order valence-corrected chi connectivity index (χ1v) is 4.38. The molecular weight excluding hydrogens is 180 g/mol. The predicted octanol–water partition coefficient (Wildman–Crippen LogP) is 1.78. The number of methoxy groups -OCH3 is 1. The number of carbonyl (C=O) groups is 1. The van der Waals surface area contributed by atoms with Gasteiger partial charge in [-0.3, -0.25) is 0 Å². The van der Waals surface area contributed by atoms with Crippen molar-refractivity contribution in [2.75, 3.05) is 13.7 Å². The van der Waals surface area contributed by atoms with Crippen molar-refractivity contribution >= 4 is 5.97 Å². The molecule has 0 bridgehead atoms. The van der Waals surface area contributed by atoms with E-state index in [4.69, 9.17) is 9.84 Å². The SMILES string of the molecule is COCC1(C)C=CC=C(C(=O)O)C=C1. The van der Waals surface area contributed by atoms with Gasteiger partial charge in [0.2, 0.25) is 0 Å². The molecule has 0 aromatic rings. The molecule has 3 heteroatoms. The Kier molecular flexibility index (Phi) is 3.25. The number of rotatable bonds is 3. The first kappa shape index (κ1) is 10.7. The summed E-state index contributed by atoms with van der Waals surface area (Å²) in [6.45, 7) is 2.53. The highest BCUT2D eigenvalue weighted by molar-refractivity contribution is 5.90. The van der Waals surface area contributed by atoms with Crippen LogP contribution in [0.3, 0.4) is 0 Å². The molecule has 0 heterocycles. The lowest BCUT2D eigenvalue weighted by molar-refractivity contribution is -0.132. The molecule has 1 rings (SSSR count). The molecule has 0 aromatic heterocycles. The van der Waals surface area contributed by atoms with Crippen molar-refractivity contribution in [1.29, 1.82) is 0 Å². The Bertz CT molecular complexity index is 312. The van der Waals surface area contributed by atoms with Gasteiger partial charge in [0.15, 0.2) is 0 Å². The average molecular weight is 194 g/mol. The number of aliphatic carboxylic acids is 1. The van der Waals surface area contributed by atoms with Crippen molar-refractivity contribution < 1.29 is 14.6 Å². The summed E-state index contributed by atoms with van der Waals surface area (Å²) >= 11 is 0. The van der Waals surface area contributed by atoms with E-state index in [2.05, 4.69) is 0 Å². The van der Waals surface area contributed by atoms with Crippen molar-refractivity contribution in [1.82, 2.24) is 0 Å². The molecule has 1 aliphatic carbocycles. The summed E-state index contributed by atoms with van der Waals surface area (Å²) in [6, 6.07) is 0. The number of hydrogen-bond donors (Lipinski definition) is 1. The van der Waals surface area contributed by atoms with E-state index in [9.17, 15) is 4.79 Å². The minimum absolute atomic E-state index is 0.220. The van der Waals surface area contributed by atoms with Crippen molar-refractivity contribution in [2.24, 2.45) is 5.41 Å². The topological polar surface area (TPSA) is 46.5 Å². The normalized spacial score (nSPS) is 25.7. The van der Waals surface area contributed by atoms with Gasteiger partial charge >= 0.3 is 5.97 Å². The van der Waals surface area contributed by atoms with Gasteiger partial charge in [-0.25, -0.2) is 4.79 Å². The Labute approximate surface area is 83.4 Å². The Morgan fingerprint density at radius 1 is 1.57 bits per heavy atom. The molecule has 1 atom stereocenters. The fourth-order valence-electron chi connectivity index (χ4n) is 1.31. The van der Waals surface area contributed by atoms with Crippen LogP contribution in [0.4, 0.5) is 0 Å². The maximum Gasteiger partial charge on any atom is 0.335 e. The highest BCUT2D eigenvalue weighted by Crippen LogP contribution is 2.24. The summed E-state index contributed by atoms with van der Waals surface area (Å²) in [5.41, 5.74) is 0.0729. The van der Waals surface area contributed by atoms with Crippen molar-refractivity contribution in [3.8, 4) is 0 Å². The van der Waals surface area contributed by atoms with Gasteiger partial charge in [-0.05, 0) is 6.08 Å². The van der Waals surface area contributed by atoms with E-state index in [1.54, 1.807) is 25.3 Å². The zero-order chi connectivity index (χ0) is 10.6. The molecule has 0 aliphatic heterocycles. The smallest absolute Gasteiger partial charge is 0.335 e. The molecule has 0 radical (unpaired) electrons. The van der Waals surface area contributed by atoms with Crippen LogP contribution in [0.5, 0.6) is 0 Å². The Balaban J connectivity index is 2.86. The fraction of sp³-hybridized carbons (Fsp3) is 0.364. The van der Waals surface area contributed by atoms with E-state index in [-0.39, 0.29) is 5.41 Å². The predicted molar refractivity (Wildman–Crippen MR) is 54.0 cm³/mol. The molecule has 3 nitrogen and oxygen atoms in total.